The molecule has 3 aromatic rings. The van der Waals surface area contributed by atoms with Crippen molar-refractivity contribution >= 4 is 23.4 Å². The van der Waals surface area contributed by atoms with Gasteiger partial charge in [-0.2, -0.15) is 5.26 Å². The highest BCUT2D eigenvalue weighted by Crippen LogP contribution is 2.30. The molecule has 5 nitrogen and oxygen atoms in total. The number of hydrogen-bond acceptors (Lipinski definition) is 4. The molecule has 2 aromatic carbocycles. The summed E-state index contributed by atoms with van der Waals surface area (Å²) in [5.41, 5.74) is 12.6. The molecule has 0 aliphatic rings. The lowest BCUT2D eigenvalue weighted by Gasteiger charge is -2.14. The predicted octanol–water partition coefficient (Wildman–Crippen LogP) is 6.64. The average molecular weight is 465 g/mol. The molecular weight excluding hydrogens is 420 g/mol. The Bertz CT molecular complexity index is 1010. The Morgan fingerprint density at radius 2 is 1.74 bits per heavy atom. The van der Waals surface area contributed by atoms with Gasteiger partial charge in [0.1, 0.15) is 6.79 Å². The number of nitrogen functional groups attached to an aromatic ring is 1. The van der Waals surface area contributed by atoms with Gasteiger partial charge in [-0.1, -0.05) is 59.2 Å². The molecule has 0 amide bonds. The first-order valence-corrected chi connectivity index (χ1v) is 12.3. The van der Waals surface area contributed by atoms with E-state index in [1.54, 1.807) is 0 Å². The highest BCUT2D eigenvalue weighted by Gasteiger charge is 2.16. The van der Waals surface area contributed by atoms with Crippen LogP contribution in [0.15, 0.2) is 42.5 Å². The van der Waals surface area contributed by atoms with Crippen LogP contribution in [0.4, 0.5) is 5.69 Å². The van der Waals surface area contributed by atoms with Gasteiger partial charge in [0.15, 0.2) is 0 Å². The van der Waals surface area contributed by atoms with Crippen LogP contribution >= 0.6 is 0 Å². The van der Waals surface area contributed by atoms with Gasteiger partial charge in [-0.3, -0.25) is 0 Å². The van der Waals surface area contributed by atoms with Gasteiger partial charge >= 0.3 is 0 Å². The zero-order valence-electron chi connectivity index (χ0n) is 22.2. The number of anilines is 1. The third kappa shape index (κ3) is 8.35. The largest absolute Gasteiger partial charge is 0.398 e. The molecule has 0 aliphatic heterocycles. The molecule has 3 rings (SSSR count). The van der Waals surface area contributed by atoms with E-state index in [4.69, 9.17) is 10.5 Å². The van der Waals surface area contributed by atoms with Gasteiger partial charge in [0.25, 0.3) is 0 Å². The number of benzene rings is 2. The molecule has 0 saturated carbocycles. The Labute approximate surface area is 207 Å². The second-order valence-electron chi connectivity index (χ2n) is 7.83. The number of nitrogens with zero attached hydrogens (tertiary/aromatic N) is 2. The van der Waals surface area contributed by atoms with Crippen LogP contribution in [0.3, 0.4) is 0 Å². The number of nitriles is 1. The maximum absolute atomic E-state index is 9.35. The monoisotopic (exact) mass is 464 g/mol. The van der Waals surface area contributed by atoms with E-state index in [2.05, 4.69) is 55.8 Å². The molecule has 1 heterocycles. The lowest BCUT2D eigenvalue weighted by atomic mass is 10.0. The molecule has 0 fully saturated rings. The molecule has 186 valence electrons. The highest BCUT2D eigenvalue weighted by molar-refractivity contribution is 5.87. The number of aromatic nitrogens is 1. The van der Waals surface area contributed by atoms with Gasteiger partial charge < -0.3 is 20.4 Å². The quantitative estimate of drug-likeness (QED) is 0.384. The van der Waals surface area contributed by atoms with Crippen LogP contribution in [0, 0.1) is 18.3 Å². The molecule has 0 aliphatic carbocycles. The van der Waals surface area contributed by atoms with Crippen molar-refractivity contribution < 1.29 is 4.79 Å². The Hall–Kier alpha value is -3.10. The summed E-state index contributed by atoms with van der Waals surface area (Å²) in [7, 11) is 2.02. The summed E-state index contributed by atoms with van der Waals surface area (Å²) in [6, 6.07) is 16.8. The zero-order valence-corrected chi connectivity index (χ0v) is 22.2. The zero-order chi connectivity index (χ0) is 26.1. The number of nitrogens with two attached hydrogens (primary N) is 1. The summed E-state index contributed by atoms with van der Waals surface area (Å²) in [5.74, 6) is 0. The molecule has 1 unspecified atom stereocenters. The first kappa shape index (κ1) is 30.9. The number of nitrogens with one attached hydrogen (secondary N) is 1. The van der Waals surface area contributed by atoms with Crippen molar-refractivity contribution in [2.45, 2.75) is 79.8 Å². The SMILES string of the molecule is C=O.CC.CCC.CCC(CCc1c(C)n(Cc2ccccc2N)c2ccc(C#N)cc12)NC. The summed E-state index contributed by atoms with van der Waals surface area (Å²) in [5, 5.41) is 13.9. The molecule has 0 saturated heterocycles. The predicted molar refractivity (Wildman–Crippen MR) is 147 cm³/mol. The molecular formula is C29H44N4O. The fraction of sp³-hybridized carbons (Fsp3) is 0.448. The standard InChI is InChI=1S/C23H28N4.C3H8.C2H6.CH2O/c1-4-19(26-3)10-11-20-16(2)27(15-18-7-5-6-8-22(18)25)23-12-9-17(14-24)13-21(20)23;1-3-2;2*1-2/h5-9,12-13,19,26H,4,10-11,15,25H2,1-3H3;3H2,1-2H3;1-2H3;1H2. The number of para-hydroxylation sites is 1. The van der Waals surface area contributed by atoms with E-state index in [0.29, 0.717) is 11.6 Å². The molecule has 0 spiro atoms. The first-order valence-electron chi connectivity index (χ1n) is 12.3. The van der Waals surface area contributed by atoms with E-state index in [1.165, 1.54) is 28.6 Å². The summed E-state index contributed by atoms with van der Waals surface area (Å²) in [6.45, 7) is 15.4. The van der Waals surface area contributed by atoms with E-state index in [0.717, 1.165) is 37.1 Å². The molecule has 0 bridgehead atoms. The van der Waals surface area contributed by atoms with Crippen molar-refractivity contribution in [2.24, 2.45) is 0 Å². The third-order valence-corrected chi connectivity index (χ3v) is 5.61. The Kier molecular flexibility index (Phi) is 15.8. The van der Waals surface area contributed by atoms with Gasteiger partial charge in [0.05, 0.1) is 11.6 Å². The lowest BCUT2D eigenvalue weighted by molar-refractivity contribution is -0.0979. The number of aryl methyl sites for hydroxylation is 1. The van der Waals surface area contributed by atoms with Crippen molar-refractivity contribution in [2.75, 3.05) is 12.8 Å². The number of carbonyl (C=O) groups is 1. The molecule has 5 heteroatoms. The highest BCUT2D eigenvalue weighted by atomic mass is 16.1. The van der Waals surface area contributed by atoms with E-state index in [-0.39, 0.29) is 0 Å². The Morgan fingerprint density at radius 3 is 2.26 bits per heavy atom. The van der Waals surface area contributed by atoms with Crippen molar-refractivity contribution in [1.82, 2.24) is 9.88 Å². The molecule has 1 aromatic heterocycles. The van der Waals surface area contributed by atoms with Crippen molar-refractivity contribution in [3.05, 3.63) is 64.8 Å². The summed E-state index contributed by atoms with van der Waals surface area (Å²) in [6.07, 6.45) is 4.43. The number of fused-ring (bicyclic) bond motifs is 1. The van der Waals surface area contributed by atoms with Gasteiger partial charge in [-0.05, 0) is 68.6 Å². The van der Waals surface area contributed by atoms with Gasteiger partial charge in [-0.25, -0.2) is 0 Å². The van der Waals surface area contributed by atoms with Crippen LogP contribution in [0.1, 0.15) is 76.3 Å². The molecule has 0 radical (unpaired) electrons. The summed E-state index contributed by atoms with van der Waals surface area (Å²) < 4.78 is 2.33. The fourth-order valence-corrected chi connectivity index (χ4v) is 3.86. The number of carbonyl (C=O) groups excluding carboxylic acids is 1. The number of rotatable bonds is 7. The Balaban J connectivity index is 0.00000141. The van der Waals surface area contributed by atoms with Crippen molar-refractivity contribution in [3.63, 3.8) is 0 Å². The summed E-state index contributed by atoms with van der Waals surface area (Å²) >= 11 is 0. The minimum atomic E-state index is 0.506. The van der Waals surface area contributed by atoms with Crippen LogP contribution in [0.5, 0.6) is 0 Å². The van der Waals surface area contributed by atoms with Crippen LogP contribution in [-0.2, 0) is 17.8 Å². The smallest absolute Gasteiger partial charge is 0.106 e. The van der Waals surface area contributed by atoms with E-state index < -0.39 is 0 Å². The number of hydrogen-bond donors (Lipinski definition) is 2. The molecule has 3 N–H and O–H groups in total. The van der Waals surface area contributed by atoms with Crippen LogP contribution < -0.4 is 11.1 Å². The normalized spacial score (nSPS) is 10.5. The van der Waals surface area contributed by atoms with E-state index in [1.807, 2.05) is 58.0 Å². The fourth-order valence-electron chi connectivity index (χ4n) is 3.86. The van der Waals surface area contributed by atoms with E-state index in [9.17, 15) is 5.26 Å². The molecule has 1 atom stereocenters. The minimum absolute atomic E-state index is 0.506. The second kappa shape index (κ2) is 17.4. The van der Waals surface area contributed by atoms with Crippen LogP contribution in [0.2, 0.25) is 0 Å². The maximum atomic E-state index is 9.35. The first-order chi connectivity index (χ1) is 16.5. The lowest BCUT2D eigenvalue weighted by Crippen LogP contribution is -2.24. The van der Waals surface area contributed by atoms with E-state index >= 15 is 0 Å². The van der Waals surface area contributed by atoms with Crippen molar-refractivity contribution in [3.8, 4) is 6.07 Å². The van der Waals surface area contributed by atoms with Gasteiger partial charge in [0.2, 0.25) is 0 Å². The third-order valence-electron chi connectivity index (χ3n) is 5.61. The Morgan fingerprint density at radius 1 is 1.12 bits per heavy atom. The minimum Gasteiger partial charge on any atom is -0.398 e. The van der Waals surface area contributed by atoms with Crippen molar-refractivity contribution in [1.29, 1.82) is 5.26 Å². The van der Waals surface area contributed by atoms with Crippen LogP contribution in [0.25, 0.3) is 10.9 Å². The summed E-state index contributed by atoms with van der Waals surface area (Å²) in [4.78, 5) is 8.00. The van der Waals surface area contributed by atoms with Gasteiger partial charge in [0, 0.05) is 34.9 Å². The molecule has 34 heavy (non-hydrogen) atoms. The average Bonchev–Trinajstić information content (AvgIpc) is 3.14. The topological polar surface area (TPSA) is 83.8 Å². The second-order valence-corrected chi connectivity index (χ2v) is 7.83. The maximum Gasteiger partial charge on any atom is 0.106 e. The van der Waals surface area contributed by atoms with Gasteiger partial charge in [-0.15, -0.1) is 0 Å². The van der Waals surface area contributed by atoms with Crippen LogP contribution in [-0.4, -0.2) is 24.4 Å².